The zero-order chi connectivity index (χ0) is 13.5. The number of nitrogens with one attached hydrogen (secondary N) is 1. The largest absolute Gasteiger partial charge is 0.369 e. The van der Waals surface area contributed by atoms with E-state index in [1.165, 1.54) is 23.2 Å². The zero-order valence-corrected chi connectivity index (χ0v) is 11.0. The fourth-order valence-corrected chi connectivity index (χ4v) is 2.28. The quantitative estimate of drug-likeness (QED) is 0.379. The Labute approximate surface area is 115 Å². The number of hydrogen-bond donors (Lipinski definition) is 1. The van der Waals surface area contributed by atoms with E-state index < -0.39 is 4.92 Å². The third kappa shape index (κ3) is 4.26. The Kier molecular flexibility index (Phi) is 4.74. The second kappa shape index (κ2) is 6.75. The maximum absolute atomic E-state index is 10.6. The lowest BCUT2D eigenvalue weighted by Crippen LogP contribution is -2.05. The lowest BCUT2D eigenvalue weighted by atomic mass is 10.4. The van der Waals surface area contributed by atoms with Gasteiger partial charge < -0.3 is 5.32 Å². The molecule has 1 aromatic carbocycles. The molecule has 0 aliphatic rings. The number of pyridine rings is 1. The van der Waals surface area contributed by atoms with Crippen molar-refractivity contribution < 1.29 is 4.92 Å². The van der Waals surface area contributed by atoms with Gasteiger partial charge in [-0.3, -0.25) is 10.1 Å². The van der Waals surface area contributed by atoms with Crippen molar-refractivity contribution in [3.63, 3.8) is 0 Å². The predicted molar refractivity (Wildman–Crippen MR) is 76.5 cm³/mol. The third-order valence-corrected chi connectivity index (χ3v) is 3.39. The fourth-order valence-electron chi connectivity index (χ4n) is 1.49. The molecular weight excluding hydrogens is 262 g/mol. The fraction of sp³-hybridized carbons (Fsp3) is 0.154. The van der Waals surface area contributed by atoms with Gasteiger partial charge >= 0.3 is 0 Å². The second-order valence-corrected chi connectivity index (χ2v) is 4.91. The number of benzene rings is 1. The molecule has 0 fully saturated rings. The van der Waals surface area contributed by atoms with Gasteiger partial charge in [-0.05, 0) is 12.1 Å². The van der Waals surface area contributed by atoms with E-state index in [1.54, 1.807) is 11.8 Å². The minimum absolute atomic E-state index is 0.0493. The minimum atomic E-state index is -0.425. The number of thioether (sulfide) groups is 1. The van der Waals surface area contributed by atoms with Crippen molar-refractivity contribution in [1.29, 1.82) is 0 Å². The summed E-state index contributed by atoms with van der Waals surface area (Å²) in [5.74, 6) is 1.40. The molecule has 2 rings (SSSR count). The molecule has 0 aliphatic heterocycles. The van der Waals surface area contributed by atoms with Crippen LogP contribution >= 0.6 is 11.8 Å². The van der Waals surface area contributed by atoms with Gasteiger partial charge in [0.2, 0.25) is 0 Å². The number of nitrogens with zero attached hydrogens (tertiary/aromatic N) is 2. The van der Waals surface area contributed by atoms with Crippen LogP contribution in [-0.2, 0) is 0 Å². The average Bonchev–Trinajstić information content (AvgIpc) is 2.45. The highest BCUT2D eigenvalue weighted by Crippen LogP contribution is 2.17. The van der Waals surface area contributed by atoms with Gasteiger partial charge in [-0.15, -0.1) is 11.8 Å². The standard InChI is InChI=1S/C13H13N3O2S/c17-16(18)11-6-7-14-13(10-11)15-8-9-19-12-4-2-1-3-5-12/h1-7,10H,8-9H2,(H,14,15). The Morgan fingerprint density at radius 2 is 2.05 bits per heavy atom. The summed E-state index contributed by atoms with van der Waals surface area (Å²) in [6.07, 6.45) is 1.44. The molecule has 0 spiro atoms. The highest BCUT2D eigenvalue weighted by atomic mass is 32.2. The summed E-state index contributed by atoms with van der Waals surface area (Å²) in [5, 5.41) is 13.7. The maximum Gasteiger partial charge on any atom is 0.274 e. The van der Waals surface area contributed by atoms with E-state index >= 15 is 0 Å². The first-order chi connectivity index (χ1) is 9.25. The van der Waals surface area contributed by atoms with E-state index in [4.69, 9.17) is 0 Å². The van der Waals surface area contributed by atoms with Crippen molar-refractivity contribution in [2.24, 2.45) is 0 Å². The van der Waals surface area contributed by atoms with Crippen LogP contribution < -0.4 is 5.32 Å². The van der Waals surface area contributed by atoms with Crippen LogP contribution in [0.1, 0.15) is 0 Å². The van der Waals surface area contributed by atoms with Crippen LogP contribution in [0.2, 0.25) is 0 Å². The molecule has 5 nitrogen and oxygen atoms in total. The Morgan fingerprint density at radius 1 is 1.26 bits per heavy atom. The van der Waals surface area contributed by atoms with E-state index in [0.717, 1.165) is 5.75 Å². The summed E-state index contributed by atoms with van der Waals surface area (Å²) in [5.41, 5.74) is 0.0493. The predicted octanol–water partition coefficient (Wildman–Crippen LogP) is 3.19. The van der Waals surface area contributed by atoms with Crippen LogP contribution in [0.3, 0.4) is 0 Å². The third-order valence-electron chi connectivity index (χ3n) is 2.37. The zero-order valence-electron chi connectivity index (χ0n) is 10.2. The van der Waals surface area contributed by atoms with Crippen molar-refractivity contribution in [2.75, 3.05) is 17.6 Å². The van der Waals surface area contributed by atoms with E-state index in [0.29, 0.717) is 12.4 Å². The minimum Gasteiger partial charge on any atom is -0.369 e. The van der Waals surface area contributed by atoms with Gasteiger partial charge in [0.05, 0.1) is 11.0 Å². The van der Waals surface area contributed by atoms with Crippen LogP contribution in [0.25, 0.3) is 0 Å². The van der Waals surface area contributed by atoms with Crippen molar-refractivity contribution in [2.45, 2.75) is 4.90 Å². The summed E-state index contributed by atoms with van der Waals surface area (Å²) in [6, 6.07) is 12.9. The topological polar surface area (TPSA) is 68.1 Å². The molecule has 0 bridgehead atoms. The van der Waals surface area contributed by atoms with Crippen LogP contribution in [0, 0.1) is 10.1 Å². The van der Waals surface area contributed by atoms with Crippen LogP contribution in [-0.4, -0.2) is 22.2 Å². The molecular formula is C13H13N3O2S. The summed E-state index contributed by atoms with van der Waals surface area (Å²) < 4.78 is 0. The molecule has 2 aromatic rings. The van der Waals surface area contributed by atoms with Crippen molar-refractivity contribution in [3.05, 3.63) is 58.8 Å². The smallest absolute Gasteiger partial charge is 0.274 e. The first kappa shape index (κ1) is 13.4. The monoisotopic (exact) mass is 275 g/mol. The molecule has 0 unspecified atom stereocenters. The van der Waals surface area contributed by atoms with Crippen LogP contribution in [0.4, 0.5) is 11.5 Å². The first-order valence-electron chi connectivity index (χ1n) is 5.78. The van der Waals surface area contributed by atoms with E-state index in [1.807, 2.05) is 18.2 Å². The molecule has 0 saturated heterocycles. The van der Waals surface area contributed by atoms with Crippen molar-refractivity contribution in [3.8, 4) is 0 Å². The number of aromatic nitrogens is 1. The van der Waals surface area contributed by atoms with Crippen molar-refractivity contribution >= 4 is 23.3 Å². The normalized spacial score (nSPS) is 10.1. The Hall–Kier alpha value is -2.08. The van der Waals surface area contributed by atoms with Gasteiger partial charge in [0.1, 0.15) is 5.82 Å². The molecule has 0 radical (unpaired) electrons. The van der Waals surface area contributed by atoms with Gasteiger partial charge in [-0.2, -0.15) is 0 Å². The summed E-state index contributed by atoms with van der Waals surface area (Å²) in [7, 11) is 0. The molecule has 1 aromatic heterocycles. The molecule has 19 heavy (non-hydrogen) atoms. The lowest BCUT2D eigenvalue weighted by Gasteiger charge is -2.05. The SMILES string of the molecule is O=[N+]([O-])c1ccnc(NCCSc2ccccc2)c1. The number of hydrogen-bond acceptors (Lipinski definition) is 5. The summed E-state index contributed by atoms with van der Waals surface area (Å²) in [6.45, 7) is 0.702. The molecule has 98 valence electrons. The van der Waals surface area contributed by atoms with E-state index in [-0.39, 0.29) is 5.69 Å². The molecule has 0 atom stereocenters. The molecule has 0 amide bonds. The first-order valence-corrected chi connectivity index (χ1v) is 6.76. The Balaban J connectivity index is 1.80. The number of nitro groups is 1. The summed E-state index contributed by atoms with van der Waals surface area (Å²) >= 11 is 1.73. The van der Waals surface area contributed by atoms with E-state index in [2.05, 4.69) is 22.4 Å². The average molecular weight is 275 g/mol. The number of rotatable bonds is 6. The second-order valence-electron chi connectivity index (χ2n) is 3.74. The maximum atomic E-state index is 10.6. The molecule has 1 heterocycles. The van der Waals surface area contributed by atoms with Crippen LogP contribution in [0.5, 0.6) is 0 Å². The van der Waals surface area contributed by atoms with Gasteiger partial charge in [-0.1, -0.05) is 18.2 Å². The lowest BCUT2D eigenvalue weighted by molar-refractivity contribution is -0.384. The van der Waals surface area contributed by atoms with Gasteiger partial charge in [0.25, 0.3) is 5.69 Å². The Bertz CT molecular complexity index is 549. The highest BCUT2D eigenvalue weighted by Gasteiger charge is 2.05. The molecule has 6 heteroatoms. The molecule has 1 N–H and O–H groups in total. The van der Waals surface area contributed by atoms with Gasteiger partial charge in [-0.25, -0.2) is 4.98 Å². The van der Waals surface area contributed by atoms with Gasteiger partial charge in [0.15, 0.2) is 0 Å². The van der Waals surface area contributed by atoms with E-state index in [9.17, 15) is 10.1 Å². The summed E-state index contributed by atoms with van der Waals surface area (Å²) in [4.78, 5) is 15.4. The van der Waals surface area contributed by atoms with Crippen LogP contribution in [0.15, 0.2) is 53.6 Å². The number of anilines is 1. The molecule has 0 aliphatic carbocycles. The highest BCUT2D eigenvalue weighted by molar-refractivity contribution is 7.99. The van der Waals surface area contributed by atoms with Gasteiger partial charge in [0, 0.05) is 29.5 Å². The Morgan fingerprint density at radius 3 is 2.79 bits per heavy atom. The van der Waals surface area contributed by atoms with Crippen molar-refractivity contribution in [1.82, 2.24) is 4.98 Å². The molecule has 0 saturated carbocycles.